The standard InChI is InChI=1S/C17H20N2O6/c1-17(9-25-2,16(23)24)19-15(22)11-5-3-10(4-6-11)7-12-8-13(20)18-14(12)21/h3-6,12H,7-9H2,1-2H3,(H,19,22)(H,23,24)(H,18,20,21). The first-order chi connectivity index (χ1) is 11.7. The first kappa shape index (κ1) is 18.6. The number of carboxylic acids is 1. The number of methoxy groups -OCH3 is 1. The van der Waals surface area contributed by atoms with E-state index in [2.05, 4.69) is 10.6 Å². The van der Waals surface area contributed by atoms with E-state index in [-0.39, 0.29) is 24.8 Å². The van der Waals surface area contributed by atoms with Gasteiger partial charge >= 0.3 is 5.97 Å². The van der Waals surface area contributed by atoms with Gasteiger partial charge in [0.1, 0.15) is 0 Å². The number of nitrogens with one attached hydrogen (secondary N) is 2. The number of imide groups is 1. The summed E-state index contributed by atoms with van der Waals surface area (Å²) in [5.74, 6) is -2.71. The minimum atomic E-state index is -1.53. The Hall–Kier alpha value is -2.74. The van der Waals surface area contributed by atoms with Crippen molar-refractivity contribution in [3.05, 3.63) is 35.4 Å². The minimum absolute atomic E-state index is 0.162. The SMILES string of the molecule is COCC(C)(NC(=O)c1ccc(CC2CC(=O)NC2=O)cc1)C(=O)O. The molecule has 0 bridgehead atoms. The van der Waals surface area contributed by atoms with Crippen LogP contribution in [-0.4, -0.2) is 48.1 Å². The highest BCUT2D eigenvalue weighted by Crippen LogP contribution is 2.18. The summed E-state index contributed by atoms with van der Waals surface area (Å²) in [6.45, 7) is 1.19. The van der Waals surface area contributed by atoms with E-state index in [1.165, 1.54) is 14.0 Å². The van der Waals surface area contributed by atoms with Crippen molar-refractivity contribution in [1.29, 1.82) is 0 Å². The van der Waals surface area contributed by atoms with Crippen molar-refractivity contribution >= 4 is 23.7 Å². The number of benzene rings is 1. The normalized spacial score (nSPS) is 19.2. The van der Waals surface area contributed by atoms with Gasteiger partial charge in [-0.05, 0) is 31.0 Å². The van der Waals surface area contributed by atoms with E-state index < -0.39 is 23.3 Å². The van der Waals surface area contributed by atoms with Crippen LogP contribution in [-0.2, 0) is 25.5 Å². The molecule has 0 spiro atoms. The van der Waals surface area contributed by atoms with Crippen molar-refractivity contribution in [3.63, 3.8) is 0 Å². The van der Waals surface area contributed by atoms with Crippen LogP contribution in [0.15, 0.2) is 24.3 Å². The van der Waals surface area contributed by atoms with Gasteiger partial charge in [-0.15, -0.1) is 0 Å². The second-order valence-electron chi connectivity index (χ2n) is 6.24. The second-order valence-corrected chi connectivity index (χ2v) is 6.24. The van der Waals surface area contributed by atoms with Gasteiger partial charge in [0.25, 0.3) is 5.91 Å². The lowest BCUT2D eigenvalue weighted by Crippen LogP contribution is -2.55. The summed E-state index contributed by atoms with van der Waals surface area (Å²) in [5, 5.41) is 13.9. The van der Waals surface area contributed by atoms with Crippen molar-refractivity contribution < 1.29 is 29.0 Å². The van der Waals surface area contributed by atoms with Crippen molar-refractivity contribution in [2.75, 3.05) is 13.7 Å². The zero-order valence-corrected chi connectivity index (χ0v) is 14.0. The molecular formula is C17H20N2O6. The van der Waals surface area contributed by atoms with Gasteiger partial charge in [-0.3, -0.25) is 19.7 Å². The highest BCUT2D eigenvalue weighted by atomic mass is 16.5. The van der Waals surface area contributed by atoms with Gasteiger partial charge < -0.3 is 15.2 Å². The first-order valence-electron chi connectivity index (χ1n) is 7.72. The van der Waals surface area contributed by atoms with Gasteiger partial charge in [0.2, 0.25) is 11.8 Å². The lowest BCUT2D eigenvalue weighted by molar-refractivity contribution is -0.146. The lowest BCUT2D eigenvalue weighted by Gasteiger charge is -2.25. The highest BCUT2D eigenvalue weighted by molar-refractivity contribution is 6.03. The van der Waals surface area contributed by atoms with Crippen LogP contribution < -0.4 is 10.6 Å². The summed E-state index contributed by atoms with van der Waals surface area (Å²) in [4.78, 5) is 46.4. The van der Waals surface area contributed by atoms with Crippen LogP contribution in [0.2, 0.25) is 0 Å². The molecule has 1 heterocycles. The number of hydrogen-bond acceptors (Lipinski definition) is 5. The van der Waals surface area contributed by atoms with Crippen LogP contribution in [0.3, 0.4) is 0 Å². The third-order valence-electron chi connectivity index (χ3n) is 4.06. The molecule has 2 atom stereocenters. The molecule has 2 rings (SSSR count). The largest absolute Gasteiger partial charge is 0.479 e. The molecule has 8 nitrogen and oxygen atoms in total. The Labute approximate surface area is 144 Å². The van der Waals surface area contributed by atoms with Gasteiger partial charge in [0, 0.05) is 19.1 Å². The fraction of sp³-hybridized carbons (Fsp3) is 0.412. The molecule has 8 heteroatoms. The zero-order valence-electron chi connectivity index (χ0n) is 14.0. The number of ether oxygens (including phenoxy) is 1. The number of amides is 3. The fourth-order valence-electron chi connectivity index (χ4n) is 2.61. The zero-order chi connectivity index (χ0) is 18.6. The molecular weight excluding hydrogens is 328 g/mol. The summed E-state index contributed by atoms with van der Waals surface area (Å²) in [6.07, 6.45) is 0.561. The number of rotatable bonds is 7. The molecule has 1 aliphatic heterocycles. The molecule has 2 unspecified atom stereocenters. The monoisotopic (exact) mass is 348 g/mol. The Bertz CT molecular complexity index is 700. The molecule has 1 aromatic rings. The molecule has 0 saturated carbocycles. The number of carbonyl (C=O) groups excluding carboxylic acids is 3. The lowest BCUT2D eigenvalue weighted by atomic mass is 9.97. The van der Waals surface area contributed by atoms with Gasteiger partial charge in [0.05, 0.1) is 12.5 Å². The maximum Gasteiger partial charge on any atom is 0.331 e. The van der Waals surface area contributed by atoms with Crippen LogP contribution in [0.4, 0.5) is 0 Å². The quantitative estimate of drug-likeness (QED) is 0.601. The number of hydrogen-bond donors (Lipinski definition) is 3. The van der Waals surface area contributed by atoms with Crippen LogP contribution in [0.1, 0.15) is 29.3 Å². The average Bonchev–Trinajstić information content (AvgIpc) is 2.85. The first-order valence-corrected chi connectivity index (χ1v) is 7.72. The molecule has 1 aromatic carbocycles. The average molecular weight is 348 g/mol. The Balaban J connectivity index is 2.03. The topological polar surface area (TPSA) is 122 Å². The number of carbonyl (C=O) groups is 4. The molecule has 1 aliphatic rings. The van der Waals surface area contributed by atoms with Crippen LogP contribution in [0.5, 0.6) is 0 Å². The summed E-state index contributed by atoms with van der Waals surface area (Å²) in [7, 11) is 1.35. The predicted octanol–water partition coefficient (Wildman–Crippen LogP) is 0.111. The maximum atomic E-state index is 12.3. The van der Waals surface area contributed by atoms with Crippen LogP contribution in [0.25, 0.3) is 0 Å². The molecule has 0 aromatic heterocycles. The van der Waals surface area contributed by atoms with E-state index in [9.17, 15) is 24.3 Å². The predicted molar refractivity (Wildman–Crippen MR) is 86.8 cm³/mol. The molecule has 0 radical (unpaired) electrons. The van der Waals surface area contributed by atoms with Crippen molar-refractivity contribution in [1.82, 2.24) is 10.6 Å². The third kappa shape index (κ3) is 4.42. The fourth-order valence-corrected chi connectivity index (χ4v) is 2.61. The molecule has 3 amide bonds. The Morgan fingerprint density at radius 3 is 2.44 bits per heavy atom. The van der Waals surface area contributed by atoms with Gasteiger partial charge in [-0.1, -0.05) is 12.1 Å². The summed E-state index contributed by atoms with van der Waals surface area (Å²) < 4.78 is 4.86. The Morgan fingerprint density at radius 1 is 1.32 bits per heavy atom. The number of carboxylic acid groups (broad SMARTS) is 1. The third-order valence-corrected chi connectivity index (χ3v) is 4.06. The summed E-state index contributed by atoms with van der Waals surface area (Å²) in [6, 6.07) is 6.46. The molecule has 3 N–H and O–H groups in total. The van der Waals surface area contributed by atoms with Gasteiger partial charge in [-0.25, -0.2) is 4.79 Å². The van der Waals surface area contributed by atoms with E-state index >= 15 is 0 Å². The molecule has 25 heavy (non-hydrogen) atoms. The van der Waals surface area contributed by atoms with E-state index in [1.54, 1.807) is 24.3 Å². The smallest absolute Gasteiger partial charge is 0.331 e. The van der Waals surface area contributed by atoms with Crippen molar-refractivity contribution in [2.45, 2.75) is 25.3 Å². The van der Waals surface area contributed by atoms with Crippen molar-refractivity contribution in [3.8, 4) is 0 Å². The molecule has 0 aliphatic carbocycles. The summed E-state index contributed by atoms with van der Waals surface area (Å²) in [5.41, 5.74) is -0.434. The summed E-state index contributed by atoms with van der Waals surface area (Å²) >= 11 is 0. The molecule has 1 fully saturated rings. The van der Waals surface area contributed by atoms with Crippen molar-refractivity contribution in [2.24, 2.45) is 5.92 Å². The minimum Gasteiger partial charge on any atom is -0.479 e. The highest BCUT2D eigenvalue weighted by Gasteiger charge is 2.35. The van der Waals surface area contributed by atoms with Gasteiger partial charge in [0.15, 0.2) is 5.54 Å². The van der Waals surface area contributed by atoms with Gasteiger partial charge in [-0.2, -0.15) is 0 Å². The second kappa shape index (κ2) is 7.43. The number of aliphatic carboxylic acids is 1. The Kier molecular flexibility index (Phi) is 5.53. The maximum absolute atomic E-state index is 12.3. The van der Waals surface area contributed by atoms with E-state index in [1.807, 2.05) is 0 Å². The van der Waals surface area contributed by atoms with E-state index in [4.69, 9.17) is 4.74 Å². The molecule has 134 valence electrons. The van der Waals surface area contributed by atoms with E-state index in [0.29, 0.717) is 12.0 Å². The van der Waals surface area contributed by atoms with Crippen LogP contribution >= 0.6 is 0 Å². The molecule has 1 saturated heterocycles. The van der Waals surface area contributed by atoms with Crippen LogP contribution in [0, 0.1) is 5.92 Å². The van der Waals surface area contributed by atoms with E-state index in [0.717, 1.165) is 5.56 Å². The Morgan fingerprint density at radius 2 is 1.96 bits per heavy atom.